The molecule has 0 amide bonds. The third kappa shape index (κ3) is 10.5. The van der Waals surface area contributed by atoms with E-state index < -0.39 is 10.0 Å². The molecular weight excluding hydrogens is 238 g/mol. The predicted molar refractivity (Wildman–Crippen MR) is 70.5 cm³/mol. The van der Waals surface area contributed by atoms with Crippen LogP contribution in [0.2, 0.25) is 0 Å². The van der Waals surface area contributed by atoms with Gasteiger partial charge in [-0.2, -0.15) is 0 Å². The Bertz CT molecular complexity index is 299. The third-order valence-corrected chi connectivity index (χ3v) is 4.18. The Balaban J connectivity index is 3.38. The van der Waals surface area contributed by atoms with Crippen LogP contribution in [0.3, 0.4) is 0 Å². The highest BCUT2D eigenvalue weighted by Gasteiger charge is 2.07. The zero-order valence-electron chi connectivity index (χ0n) is 11.0. The molecule has 5 heteroatoms. The Hall–Kier alpha value is -0.420. The highest BCUT2D eigenvalue weighted by Crippen LogP contribution is 2.07. The summed E-state index contributed by atoms with van der Waals surface area (Å²) in [4.78, 5) is 11.0. The third-order valence-electron chi connectivity index (χ3n) is 2.63. The summed E-state index contributed by atoms with van der Waals surface area (Å²) in [5.41, 5.74) is 0. The molecule has 0 fully saturated rings. The lowest BCUT2D eigenvalue weighted by Crippen LogP contribution is -2.25. The van der Waals surface area contributed by atoms with E-state index in [1.165, 1.54) is 0 Å². The number of ketones is 1. The van der Waals surface area contributed by atoms with E-state index in [4.69, 9.17) is 0 Å². The summed E-state index contributed by atoms with van der Waals surface area (Å²) < 4.78 is 25.1. The summed E-state index contributed by atoms with van der Waals surface area (Å²) >= 11 is 0. The largest absolute Gasteiger partial charge is 0.300 e. The number of unbranched alkanes of at least 4 members (excludes halogenated alkanes) is 4. The smallest absolute Gasteiger partial charge is 0.211 e. The van der Waals surface area contributed by atoms with Gasteiger partial charge in [0, 0.05) is 19.4 Å². The average Bonchev–Trinajstić information content (AvgIpc) is 2.27. The van der Waals surface area contributed by atoms with Crippen molar-refractivity contribution in [1.29, 1.82) is 0 Å². The van der Waals surface area contributed by atoms with Crippen molar-refractivity contribution < 1.29 is 13.2 Å². The fourth-order valence-corrected chi connectivity index (χ4v) is 2.78. The molecule has 0 radical (unpaired) electrons. The molecule has 102 valence electrons. The highest BCUT2D eigenvalue weighted by molar-refractivity contribution is 7.89. The summed E-state index contributed by atoms with van der Waals surface area (Å²) in [7, 11) is -3.05. The number of sulfonamides is 1. The van der Waals surface area contributed by atoms with Gasteiger partial charge in [0.15, 0.2) is 0 Å². The van der Waals surface area contributed by atoms with Crippen molar-refractivity contribution in [3.8, 4) is 0 Å². The molecule has 0 spiro atoms. The lowest BCUT2D eigenvalue weighted by molar-refractivity contribution is -0.118. The van der Waals surface area contributed by atoms with Gasteiger partial charge < -0.3 is 0 Å². The number of carbonyl (C=O) groups is 1. The van der Waals surface area contributed by atoms with E-state index in [0.717, 1.165) is 25.7 Å². The van der Waals surface area contributed by atoms with Crippen LogP contribution in [0.15, 0.2) is 0 Å². The average molecular weight is 263 g/mol. The van der Waals surface area contributed by atoms with Crippen LogP contribution in [0, 0.1) is 0 Å². The van der Waals surface area contributed by atoms with Gasteiger partial charge in [0.1, 0.15) is 5.78 Å². The Labute approximate surface area is 105 Å². The molecule has 0 atom stereocenters. The van der Waals surface area contributed by atoms with Gasteiger partial charge >= 0.3 is 0 Å². The number of Topliss-reactive ketones (excluding diaryl/α,β-unsaturated/α-hetero) is 1. The maximum absolute atomic E-state index is 11.3. The monoisotopic (exact) mass is 263 g/mol. The summed E-state index contributed by atoms with van der Waals surface area (Å²) in [5, 5.41) is 0. The standard InChI is InChI=1S/C12H25NO3S/c1-3-12(14)10-8-6-5-7-9-11-17(15,16)13-4-2/h13H,3-11H2,1-2H3. The number of hydrogen-bond acceptors (Lipinski definition) is 3. The van der Waals surface area contributed by atoms with E-state index in [9.17, 15) is 13.2 Å². The van der Waals surface area contributed by atoms with Crippen LogP contribution in [-0.4, -0.2) is 26.5 Å². The van der Waals surface area contributed by atoms with Crippen molar-refractivity contribution in [2.45, 2.75) is 58.8 Å². The second kappa shape index (κ2) is 9.59. The first kappa shape index (κ1) is 16.6. The molecular formula is C12H25NO3S. The van der Waals surface area contributed by atoms with Crippen molar-refractivity contribution in [3.63, 3.8) is 0 Å². The number of nitrogens with one attached hydrogen (secondary N) is 1. The minimum Gasteiger partial charge on any atom is -0.300 e. The van der Waals surface area contributed by atoms with E-state index in [1.54, 1.807) is 6.92 Å². The SMILES string of the molecule is CCNS(=O)(=O)CCCCCCCC(=O)CC. The molecule has 0 aromatic rings. The maximum Gasteiger partial charge on any atom is 0.211 e. The molecule has 0 bridgehead atoms. The molecule has 4 nitrogen and oxygen atoms in total. The summed E-state index contributed by atoms with van der Waals surface area (Å²) in [6, 6.07) is 0. The molecule has 0 aromatic carbocycles. The molecule has 0 aliphatic rings. The van der Waals surface area contributed by atoms with Gasteiger partial charge in [0.25, 0.3) is 0 Å². The Kier molecular flexibility index (Phi) is 9.36. The van der Waals surface area contributed by atoms with Crippen molar-refractivity contribution in [3.05, 3.63) is 0 Å². The summed E-state index contributed by atoms with van der Waals surface area (Å²) in [6.07, 6.45) is 5.90. The van der Waals surface area contributed by atoms with E-state index in [2.05, 4.69) is 4.72 Å². The molecule has 0 aliphatic carbocycles. The number of rotatable bonds is 11. The number of hydrogen-bond donors (Lipinski definition) is 1. The van der Waals surface area contributed by atoms with Crippen LogP contribution in [0.4, 0.5) is 0 Å². The van der Waals surface area contributed by atoms with Gasteiger partial charge in [0.2, 0.25) is 10.0 Å². The molecule has 0 saturated heterocycles. The first-order valence-corrected chi connectivity index (χ1v) is 8.16. The van der Waals surface area contributed by atoms with Crippen molar-refractivity contribution >= 4 is 15.8 Å². The van der Waals surface area contributed by atoms with E-state index in [1.807, 2.05) is 6.92 Å². The Morgan fingerprint density at radius 2 is 1.59 bits per heavy atom. The fraction of sp³-hybridized carbons (Fsp3) is 0.917. The van der Waals surface area contributed by atoms with Crippen molar-refractivity contribution in [2.24, 2.45) is 0 Å². The van der Waals surface area contributed by atoms with Gasteiger partial charge in [-0.15, -0.1) is 0 Å². The highest BCUT2D eigenvalue weighted by atomic mass is 32.2. The molecule has 0 aliphatic heterocycles. The maximum atomic E-state index is 11.3. The summed E-state index contributed by atoms with van der Waals surface area (Å²) in [5.74, 6) is 0.536. The van der Waals surface area contributed by atoms with Crippen molar-refractivity contribution in [1.82, 2.24) is 4.72 Å². The molecule has 0 unspecified atom stereocenters. The van der Waals surface area contributed by atoms with E-state index in [0.29, 0.717) is 31.6 Å². The van der Waals surface area contributed by atoms with Crippen LogP contribution in [-0.2, 0) is 14.8 Å². The molecule has 17 heavy (non-hydrogen) atoms. The molecule has 0 saturated carbocycles. The first-order valence-electron chi connectivity index (χ1n) is 6.51. The zero-order valence-corrected chi connectivity index (χ0v) is 11.8. The van der Waals surface area contributed by atoms with Crippen LogP contribution in [0.1, 0.15) is 58.8 Å². The quantitative estimate of drug-likeness (QED) is 0.581. The molecule has 1 N–H and O–H groups in total. The second-order valence-corrected chi connectivity index (χ2v) is 6.15. The van der Waals surface area contributed by atoms with E-state index >= 15 is 0 Å². The van der Waals surface area contributed by atoms with Gasteiger partial charge in [-0.3, -0.25) is 4.79 Å². The lowest BCUT2D eigenvalue weighted by Gasteiger charge is -2.04. The van der Waals surface area contributed by atoms with Crippen LogP contribution in [0.25, 0.3) is 0 Å². The topological polar surface area (TPSA) is 63.2 Å². The Morgan fingerprint density at radius 3 is 2.18 bits per heavy atom. The first-order chi connectivity index (χ1) is 8.02. The zero-order chi connectivity index (χ0) is 13.1. The van der Waals surface area contributed by atoms with Crippen molar-refractivity contribution in [2.75, 3.05) is 12.3 Å². The Morgan fingerprint density at radius 1 is 1.00 bits per heavy atom. The van der Waals surface area contributed by atoms with Gasteiger partial charge in [-0.25, -0.2) is 13.1 Å². The molecule has 0 aromatic heterocycles. The van der Waals surface area contributed by atoms with Crippen LogP contribution < -0.4 is 4.72 Å². The summed E-state index contributed by atoms with van der Waals surface area (Å²) in [6.45, 7) is 4.12. The van der Waals surface area contributed by atoms with E-state index in [-0.39, 0.29) is 5.75 Å². The molecule has 0 rings (SSSR count). The van der Waals surface area contributed by atoms with Crippen LogP contribution in [0.5, 0.6) is 0 Å². The fourth-order valence-electron chi connectivity index (χ4n) is 1.61. The molecule has 0 heterocycles. The minimum atomic E-state index is -3.05. The minimum absolute atomic E-state index is 0.217. The van der Waals surface area contributed by atoms with Gasteiger partial charge in [-0.05, 0) is 12.8 Å². The predicted octanol–water partition coefficient (Wildman–Crippen LogP) is 2.25. The van der Waals surface area contributed by atoms with Gasteiger partial charge in [0.05, 0.1) is 5.75 Å². The second-order valence-electron chi connectivity index (χ2n) is 4.23. The van der Waals surface area contributed by atoms with Crippen LogP contribution >= 0.6 is 0 Å². The number of carbonyl (C=O) groups excluding carboxylic acids is 1. The normalized spacial score (nSPS) is 11.6. The lowest BCUT2D eigenvalue weighted by atomic mass is 10.1. The van der Waals surface area contributed by atoms with Gasteiger partial charge in [-0.1, -0.05) is 33.1 Å².